The minimum atomic E-state index is 0.645. The van der Waals surface area contributed by atoms with Gasteiger partial charge in [-0.15, -0.1) is 10.2 Å². The van der Waals surface area contributed by atoms with Crippen molar-refractivity contribution in [3.8, 4) is 11.4 Å². The minimum Gasteiger partial charge on any atom is -0.355 e. The summed E-state index contributed by atoms with van der Waals surface area (Å²) in [6, 6.07) is 16.8. The summed E-state index contributed by atoms with van der Waals surface area (Å²) in [7, 11) is 0. The van der Waals surface area contributed by atoms with Crippen LogP contribution in [-0.2, 0) is 13.0 Å². The molecule has 0 amide bonds. The van der Waals surface area contributed by atoms with Crippen LogP contribution >= 0.6 is 0 Å². The van der Waals surface area contributed by atoms with Gasteiger partial charge in [0.2, 0.25) is 5.82 Å². The van der Waals surface area contributed by atoms with E-state index < -0.39 is 0 Å². The molecule has 27 heavy (non-hydrogen) atoms. The van der Waals surface area contributed by atoms with Crippen molar-refractivity contribution >= 4 is 11.4 Å². The van der Waals surface area contributed by atoms with Crippen molar-refractivity contribution in [3.63, 3.8) is 0 Å². The van der Waals surface area contributed by atoms with E-state index in [-0.39, 0.29) is 0 Å². The number of rotatable bonds is 10. The van der Waals surface area contributed by atoms with Crippen LogP contribution in [0.25, 0.3) is 11.4 Å². The largest absolute Gasteiger partial charge is 0.355 e. The second kappa shape index (κ2) is 9.86. The molecule has 1 aromatic heterocycles. The standard InChI is InChI=1S/C22H29N5/c1-3-5-6-7-8-12-18-13-11-14-19(17-18)23-21-16-10-9-15-20(21)22-24-26-27(4-2)25-22/h9-11,13-17,23H,3-8,12H2,1-2H3. The first kappa shape index (κ1) is 19.1. The van der Waals surface area contributed by atoms with Crippen molar-refractivity contribution in [1.82, 2.24) is 20.2 Å². The van der Waals surface area contributed by atoms with E-state index in [9.17, 15) is 0 Å². The van der Waals surface area contributed by atoms with Gasteiger partial charge in [-0.05, 0) is 54.8 Å². The number of aryl methyl sites for hydroxylation is 2. The molecule has 0 bridgehead atoms. The number of tetrazole rings is 1. The Labute approximate surface area is 161 Å². The molecule has 0 fully saturated rings. The highest BCUT2D eigenvalue weighted by molar-refractivity contribution is 5.77. The molecular formula is C22H29N5. The van der Waals surface area contributed by atoms with Crippen molar-refractivity contribution in [1.29, 1.82) is 0 Å². The predicted octanol–water partition coefficient (Wildman–Crippen LogP) is 5.62. The molecule has 5 heteroatoms. The number of para-hydroxylation sites is 1. The molecule has 0 aliphatic rings. The summed E-state index contributed by atoms with van der Waals surface area (Å²) in [5.41, 5.74) is 4.43. The highest BCUT2D eigenvalue weighted by atomic mass is 15.6. The van der Waals surface area contributed by atoms with Crippen molar-refractivity contribution in [2.75, 3.05) is 5.32 Å². The Bertz CT molecular complexity index is 840. The maximum Gasteiger partial charge on any atom is 0.207 e. The highest BCUT2D eigenvalue weighted by Crippen LogP contribution is 2.28. The SMILES string of the molecule is CCCCCCCc1cccc(Nc2ccccc2-c2nnn(CC)n2)c1. The Balaban J connectivity index is 1.69. The normalized spacial score (nSPS) is 10.9. The number of hydrogen-bond acceptors (Lipinski definition) is 4. The number of unbranched alkanes of at least 4 members (excludes halogenated alkanes) is 4. The fourth-order valence-corrected chi connectivity index (χ4v) is 3.16. The summed E-state index contributed by atoms with van der Waals surface area (Å²) in [4.78, 5) is 1.60. The summed E-state index contributed by atoms with van der Waals surface area (Å²) in [6.45, 7) is 4.97. The predicted molar refractivity (Wildman–Crippen MR) is 111 cm³/mol. The summed E-state index contributed by atoms with van der Waals surface area (Å²) >= 11 is 0. The maximum absolute atomic E-state index is 4.44. The van der Waals surface area contributed by atoms with Crippen LogP contribution in [0.15, 0.2) is 48.5 Å². The van der Waals surface area contributed by atoms with Crippen LogP contribution < -0.4 is 5.32 Å². The van der Waals surface area contributed by atoms with Crippen molar-refractivity contribution in [3.05, 3.63) is 54.1 Å². The van der Waals surface area contributed by atoms with Gasteiger partial charge in [-0.3, -0.25) is 0 Å². The summed E-state index contributed by atoms with van der Waals surface area (Å²) in [6.07, 6.45) is 7.67. The average Bonchev–Trinajstić information content (AvgIpc) is 3.18. The number of hydrogen-bond donors (Lipinski definition) is 1. The molecule has 142 valence electrons. The average molecular weight is 364 g/mol. The second-order valence-corrected chi connectivity index (χ2v) is 6.84. The second-order valence-electron chi connectivity index (χ2n) is 6.84. The number of aromatic nitrogens is 4. The fourth-order valence-electron chi connectivity index (χ4n) is 3.16. The monoisotopic (exact) mass is 363 g/mol. The molecule has 2 aromatic carbocycles. The summed E-state index contributed by atoms with van der Waals surface area (Å²) in [5, 5.41) is 16.2. The van der Waals surface area contributed by atoms with Gasteiger partial charge in [0.05, 0.1) is 6.54 Å². The van der Waals surface area contributed by atoms with Crippen LogP contribution in [0.3, 0.4) is 0 Å². The van der Waals surface area contributed by atoms with Crippen molar-refractivity contribution < 1.29 is 0 Å². The van der Waals surface area contributed by atoms with Gasteiger partial charge in [-0.1, -0.05) is 56.9 Å². The lowest BCUT2D eigenvalue weighted by Crippen LogP contribution is -1.99. The third-order valence-electron chi connectivity index (χ3n) is 4.68. The molecule has 0 saturated carbocycles. The number of nitrogens with zero attached hydrogens (tertiary/aromatic N) is 4. The Kier molecular flexibility index (Phi) is 6.97. The van der Waals surface area contributed by atoms with Crippen molar-refractivity contribution in [2.24, 2.45) is 0 Å². The first-order valence-electron chi connectivity index (χ1n) is 10.0. The molecule has 0 spiro atoms. The van der Waals surface area contributed by atoms with Crippen LogP contribution in [0.2, 0.25) is 0 Å². The number of benzene rings is 2. The molecule has 0 unspecified atom stereocenters. The lowest BCUT2D eigenvalue weighted by Gasteiger charge is -2.11. The molecule has 1 N–H and O–H groups in total. The van der Waals surface area contributed by atoms with Gasteiger partial charge in [0.15, 0.2) is 0 Å². The zero-order chi connectivity index (χ0) is 18.9. The maximum atomic E-state index is 4.44. The van der Waals surface area contributed by atoms with Gasteiger partial charge < -0.3 is 5.32 Å². The highest BCUT2D eigenvalue weighted by Gasteiger charge is 2.10. The lowest BCUT2D eigenvalue weighted by molar-refractivity contribution is 0.553. The summed E-state index contributed by atoms with van der Waals surface area (Å²) < 4.78 is 0. The van der Waals surface area contributed by atoms with Crippen LogP contribution in [0.5, 0.6) is 0 Å². The molecule has 5 nitrogen and oxygen atoms in total. The van der Waals surface area contributed by atoms with E-state index >= 15 is 0 Å². The molecule has 3 aromatic rings. The zero-order valence-corrected chi connectivity index (χ0v) is 16.4. The fraction of sp³-hybridized carbons (Fsp3) is 0.409. The molecule has 3 rings (SSSR count). The van der Waals surface area contributed by atoms with Gasteiger partial charge in [0.1, 0.15) is 0 Å². The van der Waals surface area contributed by atoms with Crippen LogP contribution in [0.4, 0.5) is 11.4 Å². The van der Waals surface area contributed by atoms with E-state index in [0.717, 1.165) is 23.4 Å². The van der Waals surface area contributed by atoms with Gasteiger partial charge in [-0.25, -0.2) is 0 Å². The van der Waals surface area contributed by atoms with E-state index in [1.165, 1.54) is 37.7 Å². The quantitative estimate of drug-likeness (QED) is 0.475. The molecule has 0 aliphatic carbocycles. The van der Waals surface area contributed by atoms with Crippen molar-refractivity contribution in [2.45, 2.75) is 58.9 Å². The van der Waals surface area contributed by atoms with E-state index in [4.69, 9.17) is 0 Å². The third kappa shape index (κ3) is 5.39. The van der Waals surface area contributed by atoms with Gasteiger partial charge >= 0.3 is 0 Å². The first-order chi connectivity index (χ1) is 13.3. The Morgan fingerprint density at radius 1 is 0.926 bits per heavy atom. The number of anilines is 2. The molecule has 1 heterocycles. The van der Waals surface area contributed by atoms with Crippen LogP contribution in [0.1, 0.15) is 51.5 Å². The Morgan fingerprint density at radius 2 is 1.78 bits per heavy atom. The Morgan fingerprint density at radius 3 is 2.59 bits per heavy atom. The molecule has 0 aliphatic heterocycles. The Hall–Kier alpha value is -2.69. The summed E-state index contributed by atoms with van der Waals surface area (Å²) in [5.74, 6) is 0.645. The van der Waals surface area contributed by atoms with E-state index in [1.807, 2.05) is 25.1 Å². The third-order valence-corrected chi connectivity index (χ3v) is 4.68. The van der Waals surface area contributed by atoms with Gasteiger partial charge in [-0.2, -0.15) is 4.80 Å². The topological polar surface area (TPSA) is 55.6 Å². The van der Waals surface area contributed by atoms with E-state index in [2.05, 4.69) is 58.0 Å². The minimum absolute atomic E-state index is 0.645. The smallest absolute Gasteiger partial charge is 0.207 e. The van der Waals surface area contributed by atoms with Crippen LogP contribution in [0, 0.1) is 0 Å². The number of nitrogens with one attached hydrogen (secondary N) is 1. The molecular weight excluding hydrogens is 334 g/mol. The zero-order valence-electron chi connectivity index (χ0n) is 16.4. The lowest BCUT2D eigenvalue weighted by atomic mass is 10.0. The molecule has 0 atom stereocenters. The molecule has 0 radical (unpaired) electrons. The first-order valence-corrected chi connectivity index (χ1v) is 10.0. The van der Waals surface area contributed by atoms with E-state index in [1.54, 1.807) is 4.80 Å². The molecule has 0 saturated heterocycles. The van der Waals surface area contributed by atoms with Gasteiger partial charge in [0, 0.05) is 16.9 Å². The van der Waals surface area contributed by atoms with E-state index in [0.29, 0.717) is 12.4 Å². The van der Waals surface area contributed by atoms with Gasteiger partial charge in [0.25, 0.3) is 0 Å². The van der Waals surface area contributed by atoms with Crippen LogP contribution in [-0.4, -0.2) is 20.2 Å².